The second-order valence-electron chi connectivity index (χ2n) is 5.19. The van der Waals surface area contributed by atoms with Gasteiger partial charge < -0.3 is 10.5 Å². The van der Waals surface area contributed by atoms with E-state index >= 15 is 0 Å². The summed E-state index contributed by atoms with van der Waals surface area (Å²) < 4.78 is 5.24. The second kappa shape index (κ2) is 7.25. The van der Waals surface area contributed by atoms with Gasteiger partial charge in [-0.25, -0.2) is 0 Å². The Morgan fingerprint density at radius 1 is 1.31 bits per heavy atom. The summed E-state index contributed by atoms with van der Waals surface area (Å²) in [7, 11) is 4.00. The van der Waals surface area contributed by atoms with Crippen molar-refractivity contribution in [3.63, 3.8) is 0 Å². The predicted molar refractivity (Wildman–Crippen MR) is 68.5 cm³/mol. The summed E-state index contributed by atoms with van der Waals surface area (Å²) in [5.41, 5.74) is 5.91. The minimum absolute atomic E-state index is 0.461. The molecule has 96 valence electrons. The number of nitrogens with two attached hydrogens (primary N) is 1. The van der Waals surface area contributed by atoms with Gasteiger partial charge in [0.05, 0.1) is 6.61 Å². The Kier molecular flexibility index (Phi) is 6.32. The van der Waals surface area contributed by atoms with Gasteiger partial charge in [0.25, 0.3) is 0 Å². The molecule has 0 radical (unpaired) electrons. The molecule has 1 saturated carbocycles. The van der Waals surface area contributed by atoms with E-state index in [0.717, 1.165) is 19.2 Å². The number of methoxy groups -OCH3 is 1. The standard InChI is InChI=1S/C13H28N2O/c1-11(10-16-3)13(9-14)15(2)12-7-5-4-6-8-12/h11-13H,4-10,14H2,1-3H3. The molecule has 16 heavy (non-hydrogen) atoms. The Morgan fingerprint density at radius 3 is 2.44 bits per heavy atom. The van der Waals surface area contributed by atoms with Crippen molar-refractivity contribution in [2.45, 2.75) is 51.1 Å². The van der Waals surface area contributed by atoms with Crippen molar-refractivity contribution in [3.8, 4) is 0 Å². The minimum atomic E-state index is 0.461. The van der Waals surface area contributed by atoms with Crippen LogP contribution < -0.4 is 5.73 Å². The highest BCUT2D eigenvalue weighted by molar-refractivity contribution is 4.82. The molecule has 0 heterocycles. The van der Waals surface area contributed by atoms with Crippen LogP contribution in [0.4, 0.5) is 0 Å². The van der Waals surface area contributed by atoms with E-state index < -0.39 is 0 Å². The van der Waals surface area contributed by atoms with Gasteiger partial charge in [0, 0.05) is 25.7 Å². The van der Waals surface area contributed by atoms with E-state index in [-0.39, 0.29) is 0 Å². The van der Waals surface area contributed by atoms with Gasteiger partial charge in [-0.1, -0.05) is 26.2 Å². The second-order valence-corrected chi connectivity index (χ2v) is 5.19. The third-order valence-electron chi connectivity index (χ3n) is 4.00. The molecule has 1 rings (SSSR count). The largest absolute Gasteiger partial charge is 0.384 e. The first-order valence-electron chi connectivity index (χ1n) is 6.61. The summed E-state index contributed by atoms with van der Waals surface area (Å²) in [6, 6.07) is 1.20. The fraction of sp³-hybridized carbons (Fsp3) is 1.00. The average molecular weight is 228 g/mol. The number of likely N-dealkylation sites (N-methyl/N-ethyl adjacent to an activating group) is 1. The molecule has 1 fully saturated rings. The van der Waals surface area contributed by atoms with E-state index in [0.29, 0.717) is 12.0 Å². The van der Waals surface area contributed by atoms with E-state index in [1.807, 2.05) is 0 Å². The summed E-state index contributed by atoms with van der Waals surface area (Å²) in [5, 5.41) is 0. The third-order valence-corrected chi connectivity index (χ3v) is 4.00. The minimum Gasteiger partial charge on any atom is -0.384 e. The topological polar surface area (TPSA) is 38.5 Å². The molecule has 1 aliphatic carbocycles. The lowest BCUT2D eigenvalue weighted by molar-refractivity contribution is 0.0644. The molecule has 0 aromatic rings. The third kappa shape index (κ3) is 3.72. The number of hydrogen-bond donors (Lipinski definition) is 1. The molecule has 3 nitrogen and oxygen atoms in total. The molecule has 2 N–H and O–H groups in total. The van der Waals surface area contributed by atoms with Crippen molar-refractivity contribution in [3.05, 3.63) is 0 Å². The van der Waals surface area contributed by atoms with Crippen LogP contribution in [0.2, 0.25) is 0 Å². The van der Waals surface area contributed by atoms with Gasteiger partial charge in [-0.3, -0.25) is 4.90 Å². The van der Waals surface area contributed by atoms with Crippen molar-refractivity contribution in [1.29, 1.82) is 0 Å². The lowest BCUT2D eigenvalue weighted by Gasteiger charge is -2.39. The zero-order valence-corrected chi connectivity index (χ0v) is 11.1. The van der Waals surface area contributed by atoms with Crippen LogP contribution in [0.25, 0.3) is 0 Å². The van der Waals surface area contributed by atoms with E-state index in [9.17, 15) is 0 Å². The quantitative estimate of drug-likeness (QED) is 0.754. The predicted octanol–water partition coefficient (Wildman–Crippen LogP) is 1.86. The molecule has 0 aliphatic heterocycles. The lowest BCUT2D eigenvalue weighted by atomic mass is 9.91. The zero-order chi connectivity index (χ0) is 12.0. The molecule has 0 aromatic heterocycles. The number of nitrogens with zero attached hydrogens (tertiary/aromatic N) is 1. The average Bonchev–Trinajstić information content (AvgIpc) is 2.31. The summed E-state index contributed by atoms with van der Waals surface area (Å²) in [6.07, 6.45) is 6.85. The van der Waals surface area contributed by atoms with E-state index in [2.05, 4.69) is 18.9 Å². The van der Waals surface area contributed by atoms with Gasteiger partial charge in [-0.05, 0) is 25.8 Å². The van der Waals surface area contributed by atoms with Crippen molar-refractivity contribution in [1.82, 2.24) is 4.90 Å². The summed E-state index contributed by atoms with van der Waals surface area (Å²) in [6.45, 7) is 3.77. The maximum Gasteiger partial charge on any atom is 0.0503 e. The molecule has 0 amide bonds. The van der Waals surface area contributed by atoms with Crippen molar-refractivity contribution in [2.24, 2.45) is 11.7 Å². The van der Waals surface area contributed by atoms with Gasteiger partial charge in [-0.15, -0.1) is 0 Å². The van der Waals surface area contributed by atoms with Crippen LogP contribution in [-0.2, 0) is 4.74 Å². The van der Waals surface area contributed by atoms with Gasteiger partial charge in [0.1, 0.15) is 0 Å². The molecule has 2 unspecified atom stereocenters. The Balaban J connectivity index is 2.49. The zero-order valence-electron chi connectivity index (χ0n) is 11.1. The fourth-order valence-corrected chi connectivity index (χ4v) is 2.93. The highest BCUT2D eigenvalue weighted by atomic mass is 16.5. The van der Waals surface area contributed by atoms with Crippen LogP contribution in [0.15, 0.2) is 0 Å². The lowest BCUT2D eigenvalue weighted by Crippen LogP contribution is -2.49. The Labute approximate surface area is 100 Å². The Hall–Kier alpha value is -0.120. The highest BCUT2D eigenvalue weighted by Gasteiger charge is 2.27. The van der Waals surface area contributed by atoms with Crippen LogP contribution in [0.1, 0.15) is 39.0 Å². The normalized spacial score (nSPS) is 22.3. The van der Waals surface area contributed by atoms with Gasteiger partial charge in [-0.2, -0.15) is 0 Å². The monoisotopic (exact) mass is 228 g/mol. The van der Waals surface area contributed by atoms with E-state index in [1.165, 1.54) is 32.1 Å². The molecular formula is C13H28N2O. The van der Waals surface area contributed by atoms with Gasteiger partial charge in [0.2, 0.25) is 0 Å². The van der Waals surface area contributed by atoms with Gasteiger partial charge in [0.15, 0.2) is 0 Å². The first kappa shape index (κ1) is 13.9. The van der Waals surface area contributed by atoms with Gasteiger partial charge >= 0.3 is 0 Å². The molecule has 2 atom stereocenters. The number of hydrogen-bond acceptors (Lipinski definition) is 3. The number of rotatable bonds is 6. The van der Waals surface area contributed by atoms with Crippen LogP contribution >= 0.6 is 0 Å². The SMILES string of the molecule is COCC(C)C(CN)N(C)C1CCCCC1. The van der Waals surface area contributed by atoms with E-state index in [4.69, 9.17) is 10.5 Å². The maximum atomic E-state index is 5.91. The van der Waals surface area contributed by atoms with E-state index in [1.54, 1.807) is 7.11 Å². The summed E-state index contributed by atoms with van der Waals surface area (Å²) in [5.74, 6) is 0.516. The Morgan fingerprint density at radius 2 is 1.94 bits per heavy atom. The fourth-order valence-electron chi connectivity index (χ4n) is 2.93. The molecule has 0 aromatic carbocycles. The first-order chi connectivity index (χ1) is 7.70. The van der Waals surface area contributed by atoms with Crippen molar-refractivity contribution < 1.29 is 4.74 Å². The van der Waals surface area contributed by atoms with Crippen LogP contribution in [0.3, 0.4) is 0 Å². The van der Waals surface area contributed by atoms with Crippen molar-refractivity contribution >= 4 is 0 Å². The number of ether oxygens (including phenoxy) is 1. The van der Waals surface area contributed by atoms with Crippen LogP contribution in [-0.4, -0.2) is 44.3 Å². The molecule has 0 bridgehead atoms. The van der Waals surface area contributed by atoms with Crippen LogP contribution in [0.5, 0.6) is 0 Å². The maximum absolute atomic E-state index is 5.91. The molecule has 0 spiro atoms. The molecular weight excluding hydrogens is 200 g/mol. The highest BCUT2D eigenvalue weighted by Crippen LogP contribution is 2.24. The molecule has 3 heteroatoms. The smallest absolute Gasteiger partial charge is 0.0503 e. The van der Waals surface area contributed by atoms with Crippen molar-refractivity contribution in [2.75, 3.05) is 27.3 Å². The summed E-state index contributed by atoms with van der Waals surface area (Å²) in [4.78, 5) is 2.50. The van der Waals surface area contributed by atoms with Crippen LogP contribution in [0, 0.1) is 5.92 Å². The molecule has 0 saturated heterocycles. The first-order valence-corrected chi connectivity index (χ1v) is 6.61. The molecule has 1 aliphatic rings. The Bertz CT molecular complexity index is 181. The summed E-state index contributed by atoms with van der Waals surface area (Å²) >= 11 is 0.